The predicted octanol–water partition coefficient (Wildman–Crippen LogP) is 6.80. The van der Waals surface area contributed by atoms with Crippen LogP contribution in [-0.2, 0) is 6.42 Å². The smallest absolute Gasteiger partial charge is 0.345 e. The Kier molecular flexibility index (Phi) is 5.15. The molecule has 2 aromatic heterocycles. The summed E-state index contributed by atoms with van der Waals surface area (Å²) in [5.74, 6) is 0.236. The number of hydrogen-bond acceptors (Lipinski definition) is 4. The molecule has 168 valence electrons. The summed E-state index contributed by atoms with van der Waals surface area (Å²) in [6, 6.07) is 31.4. The standard InChI is InChI=1S/C30H19FN2O2/c31-22-13-10-19(11-14-22)16-29-32-26(21-7-2-1-3-8-21)18-27(33-29)25-17-24-23-9-5-4-6-20(23)12-15-28(24)35-30(25)34/h1-15,17-18H,16H2. The van der Waals surface area contributed by atoms with Crippen LogP contribution in [0, 0.1) is 5.82 Å². The Labute approximate surface area is 200 Å². The van der Waals surface area contributed by atoms with Crippen LogP contribution in [0.15, 0.2) is 112 Å². The second-order valence-corrected chi connectivity index (χ2v) is 8.37. The van der Waals surface area contributed by atoms with Crippen molar-refractivity contribution in [1.82, 2.24) is 9.97 Å². The predicted molar refractivity (Wildman–Crippen MR) is 136 cm³/mol. The Morgan fingerprint density at radius 2 is 1.46 bits per heavy atom. The summed E-state index contributed by atoms with van der Waals surface area (Å²) in [5, 5.41) is 2.90. The molecule has 35 heavy (non-hydrogen) atoms. The number of fused-ring (bicyclic) bond motifs is 3. The van der Waals surface area contributed by atoms with E-state index in [0.717, 1.165) is 27.3 Å². The van der Waals surface area contributed by atoms with Crippen LogP contribution >= 0.6 is 0 Å². The van der Waals surface area contributed by atoms with Gasteiger partial charge >= 0.3 is 5.63 Å². The Hall–Kier alpha value is -4.64. The first-order chi connectivity index (χ1) is 17.1. The number of nitrogens with zero attached hydrogens (tertiary/aromatic N) is 2. The van der Waals surface area contributed by atoms with Gasteiger partial charge in [0.1, 0.15) is 17.2 Å². The van der Waals surface area contributed by atoms with E-state index in [9.17, 15) is 9.18 Å². The molecular formula is C30H19FN2O2. The molecule has 5 heteroatoms. The fourth-order valence-electron chi connectivity index (χ4n) is 4.31. The topological polar surface area (TPSA) is 56.0 Å². The van der Waals surface area contributed by atoms with E-state index >= 15 is 0 Å². The fourth-order valence-corrected chi connectivity index (χ4v) is 4.31. The molecule has 4 nitrogen and oxygen atoms in total. The molecule has 0 aliphatic carbocycles. The quantitative estimate of drug-likeness (QED) is 0.215. The summed E-state index contributed by atoms with van der Waals surface area (Å²) >= 11 is 0. The molecule has 0 saturated carbocycles. The van der Waals surface area contributed by atoms with Crippen molar-refractivity contribution in [2.24, 2.45) is 0 Å². The normalized spacial score (nSPS) is 11.2. The van der Waals surface area contributed by atoms with Crippen LogP contribution in [-0.4, -0.2) is 9.97 Å². The number of hydrogen-bond donors (Lipinski definition) is 0. The molecule has 6 rings (SSSR count). The number of benzene rings is 4. The Bertz CT molecular complexity index is 1740. The fraction of sp³-hybridized carbons (Fsp3) is 0.0333. The van der Waals surface area contributed by atoms with E-state index < -0.39 is 5.63 Å². The van der Waals surface area contributed by atoms with E-state index in [4.69, 9.17) is 14.4 Å². The number of halogens is 1. The van der Waals surface area contributed by atoms with E-state index in [2.05, 4.69) is 0 Å². The van der Waals surface area contributed by atoms with Gasteiger partial charge in [0.25, 0.3) is 0 Å². The van der Waals surface area contributed by atoms with Crippen molar-refractivity contribution in [2.45, 2.75) is 6.42 Å². The molecule has 0 fully saturated rings. The molecular weight excluding hydrogens is 439 g/mol. The van der Waals surface area contributed by atoms with Gasteiger partial charge in [-0.1, -0.05) is 72.8 Å². The summed E-state index contributed by atoms with van der Waals surface area (Å²) < 4.78 is 19.1. The van der Waals surface area contributed by atoms with Gasteiger partial charge in [0.15, 0.2) is 0 Å². The Morgan fingerprint density at radius 1 is 0.714 bits per heavy atom. The van der Waals surface area contributed by atoms with Gasteiger partial charge in [0.2, 0.25) is 0 Å². The average Bonchev–Trinajstić information content (AvgIpc) is 2.90. The Morgan fingerprint density at radius 3 is 2.29 bits per heavy atom. The zero-order valence-electron chi connectivity index (χ0n) is 18.6. The van der Waals surface area contributed by atoms with E-state index in [-0.39, 0.29) is 5.82 Å². The summed E-state index contributed by atoms with van der Waals surface area (Å²) in [5.41, 5.74) is 3.41. The second-order valence-electron chi connectivity index (χ2n) is 8.37. The molecule has 0 aliphatic rings. The first kappa shape index (κ1) is 20.9. The minimum Gasteiger partial charge on any atom is -0.422 e. The largest absolute Gasteiger partial charge is 0.422 e. The van der Waals surface area contributed by atoms with Crippen LogP contribution in [0.3, 0.4) is 0 Å². The van der Waals surface area contributed by atoms with Crippen LogP contribution in [0.4, 0.5) is 4.39 Å². The van der Waals surface area contributed by atoms with Gasteiger partial charge in [0.05, 0.1) is 17.0 Å². The Balaban J connectivity index is 1.55. The van der Waals surface area contributed by atoms with Crippen molar-refractivity contribution >= 4 is 21.7 Å². The third-order valence-corrected chi connectivity index (χ3v) is 6.04. The van der Waals surface area contributed by atoms with Crippen molar-refractivity contribution in [3.63, 3.8) is 0 Å². The number of rotatable bonds is 4. The van der Waals surface area contributed by atoms with Gasteiger partial charge in [-0.25, -0.2) is 19.2 Å². The summed E-state index contributed by atoms with van der Waals surface area (Å²) in [7, 11) is 0. The molecule has 4 aromatic carbocycles. The number of aromatic nitrogens is 2. The van der Waals surface area contributed by atoms with Gasteiger partial charge in [-0.2, -0.15) is 0 Å². The highest BCUT2D eigenvalue weighted by Gasteiger charge is 2.15. The first-order valence-electron chi connectivity index (χ1n) is 11.3. The van der Waals surface area contributed by atoms with Gasteiger partial charge in [-0.15, -0.1) is 0 Å². The molecule has 0 amide bonds. The highest BCUT2D eigenvalue weighted by Crippen LogP contribution is 2.29. The molecule has 0 unspecified atom stereocenters. The lowest BCUT2D eigenvalue weighted by Gasteiger charge is -2.10. The molecule has 0 radical (unpaired) electrons. The van der Waals surface area contributed by atoms with Crippen molar-refractivity contribution in [3.05, 3.63) is 131 Å². The van der Waals surface area contributed by atoms with Crippen molar-refractivity contribution in [3.8, 4) is 22.5 Å². The van der Waals surface area contributed by atoms with Crippen molar-refractivity contribution in [2.75, 3.05) is 0 Å². The van der Waals surface area contributed by atoms with E-state index in [1.165, 1.54) is 12.1 Å². The first-order valence-corrected chi connectivity index (χ1v) is 11.3. The third kappa shape index (κ3) is 4.08. The molecule has 2 heterocycles. The lowest BCUT2D eigenvalue weighted by Crippen LogP contribution is -2.07. The molecule has 0 spiro atoms. The van der Waals surface area contributed by atoms with Gasteiger partial charge < -0.3 is 4.42 Å². The maximum absolute atomic E-state index is 13.4. The van der Waals surface area contributed by atoms with E-state index in [1.54, 1.807) is 12.1 Å². The third-order valence-electron chi connectivity index (χ3n) is 6.04. The van der Waals surface area contributed by atoms with E-state index in [1.807, 2.05) is 78.9 Å². The maximum Gasteiger partial charge on any atom is 0.345 e. The van der Waals surface area contributed by atoms with Crippen LogP contribution in [0.2, 0.25) is 0 Å². The maximum atomic E-state index is 13.4. The zero-order chi connectivity index (χ0) is 23.8. The molecule has 6 aromatic rings. The SMILES string of the molecule is O=c1oc2ccc3ccccc3c2cc1-c1cc(-c2ccccc2)nc(Cc2ccc(F)cc2)n1. The minimum atomic E-state index is -0.460. The molecule has 0 saturated heterocycles. The lowest BCUT2D eigenvalue weighted by molar-refractivity contribution is 0.563. The molecule has 0 N–H and O–H groups in total. The zero-order valence-corrected chi connectivity index (χ0v) is 18.6. The highest BCUT2D eigenvalue weighted by atomic mass is 19.1. The lowest BCUT2D eigenvalue weighted by atomic mass is 10.0. The monoisotopic (exact) mass is 458 g/mol. The van der Waals surface area contributed by atoms with Gasteiger partial charge in [0, 0.05) is 17.4 Å². The van der Waals surface area contributed by atoms with Crippen LogP contribution < -0.4 is 5.63 Å². The average molecular weight is 458 g/mol. The highest BCUT2D eigenvalue weighted by molar-refractivity contribution is 6.06. The molecule has 0 atom stereocenters. The molecule has 0 bridgehead atoms. The summed E-state index contributed by atoms with van der Waals surface area (Å²) in [4.78, 5) is 22.5. The van der Waals surface area contributed by atoms with Crippen LogP contribution in [0.1, 0.15) is 11.4 Å². The van der Waals surface area contributed by atoms with Crippen LogP contribution in [0.5, 0.6) is 0 Å². The van der Waals surface area contributed by atoms with Crippen molar-refractivity contribution < 1.29 is 8.81 Å². The summed E-state index contributed by atoms with van der Waals surface area (Å²) in [6.45, 7) is 0. The van der Waals surface area contributed by atoms with Gasteiger partial charge in [-0.05, 0) is 46.7 Å². The minimum absolute atomic E-state index is 0.297. The second kappa shape index (κ2) is 8.61. The molecule has 0 aliphatic heterocycles. The van der Waals surface area contributed by atoms with Crippen LogP contribution in [0.25, 0.3) is 44.3 Å². The van der Waals surface area contributed by atoms with Crippen molar-refractivity contribution in [1.29, 1.82) is 0 Å². The van der Waals surface area contributed by atoms with Gasteiger partial charge in [-0.3, -0.25) is 0 Å². The van der Waals surface area contributed by atoms with E-state index in [0.29, 0.717) is 34.8 Å². The summed E-state index contributed by atoms with van der Waals surface area (Å²) in [6.07, 6.45) is 0.399.